The number of aryl methyl sites for hydroxylation is 1. The van der Waals surface area contributed by atoms with Crippen LogP contribution in [0.3, 0.4) is 0 Å². The van der Waals surface area contributed by atoms with E-state index in [-0.39, 0.29) is 30.1 Å². The van der Waals surface area contributed by atoms with Crippen LogP contribution in [0.5, 0.6) is 0 Å². The highest BCUT2D eigenvalue weighted by Crippen LogP contribution is 2.28. The van der Waals surface area contributed by atoms with E-state index in [2.05, 4.69) is 35.9 Å². The molecule has 0 spiro atoms. The number of fused-ring (bicyclic) bond motifs is 1. The zero-order chi connectivity index (χ0) is 23.7. The Labute approximate surface area is 201 Å². The first-order chi connectivity index (χ1) is 16.5. The smallest absolute Gasteiger partial charge is 0.315 e. The van der Waals surface area contributed by atoms with Crippen LogP contribution in [-0.2, 0) is 0 Å². The van der Waals surface area contributed by atoms with Crippen molar-refractivity contribution in [2.45, 2.75) is 57.7 Å². The summed E-state index contributed by atoms with van der Waals surface area (Å²) in [6.45, 7) is 4.78. The quantitative estimate of drug-likeness (QED) is 0.495. The van der Waals surface area contributed by atoms with Crippen molar-refractivity contribution in [2.24, 2.45) is 0 Å². The van der Waals surface area contributed by atoms with E-state index in [0.717, 1.165) is 23.4 Å². The zero-order valence-corrected chi connectivity index (χ0v) is 20.1. The van der Waals surface area contributed by atoms with Crippen molar-refractivity contribution in [3.63, 3.8) is 0 Å². The SMILES string of the molecule is Cc1nc2nc(NC(C)c3cccnc3)nc(C(=O)N3CC(NC(=O)NC4CCCC4)C3)c2s1. The van der Waals surface area contributed by atoms with Gasteiger partial charge in [0.25, 0.3) is 5.91 Å². The molecule has 1 aliphatic carbocycles. The lowest BCUT2D eigenvalue weighted by atomic mass is 10.1. The van der Waals surface area contributed by atoms with Gasteiger partial charge in [0.2, 0.25) is 5.95 Å². The van der Waals surface area contributed by atoms with Crippen LogP contribution in [0.1, 0.15) is 59.7 Å². The number of likely N-dealkylation sites (tertiary alicyclic amines) is 1. The van der Waals surface area contributed by atoms with E-state index in [1.54, 1.807) is 17.3 Å². The summed E-state index contributed by atoms with van der Waals surface area (Å²) in [5.41, 5.74) is 1.83. The molecule has 2 aliphatic rings. The van der Waals surface area contributed by atoms with Gasteiger partial charge in [-0.2, -0.15) is 4.98 Å². The number of thiazole rings is 1. The first-order valence-corrected chi connectivity index (χ1v) is 12.5. The van der Waals surface area contributed by atoms with Crippen molar-refractivity contribution < 1.29 is 9.59 Å². The van der Waals surface area contributed by atoms with E-state index in [4.69, 9.17) is 0 Å². The monoisotopic (exact) mass is 480 g/mol. The number of nitrogens with zero attached hydrogens (tertiary/aromatic N) is 5. The minimum absolute atomic E-state index is 0.0610. The third-order valence-corrected chi connectivity index (χ3v) is 7.25. The number of pyridine rings is 1. The highest BCUT2D eigenvalue weighted by atomic mass is 32.1. The maximum Gasteiger partial charge on any atom is 0.315 e. The molecule has 5 rings (SSSR count). The van der Waals surface area contributed by atoms with Crippen molar-refractivity contribution in [3.05, 3.63) is 40.8 Å². The molecule has 1 unspecified atom stereocenters. The lowest BCUT2D eigenvalue weighted by Crippen LogP contribution is -2.62. The Hall–Kier alpha value is -3.34. The van der Waals surface area contributed by atoms with Crippen LogP contribution in [0.4, 0.5) is 10.7 Å². The molecule has 10 nitrogen and oxygen atoms in total. The number of hydrogen-bond donors (Lipinski definition) is 3. The fourth-order valence-corrected chi connectivity index (χ4v) is 5.25. The zero-order valence-electron chi connectivity index (χ0n) is 19.2. The molecule has 34 heavy (non-hydrogen) atoms. The number of rotatable bonds is 6. The third kappa shape index (κ3) is 4.79. The van der Waals surface area contributed by atoms with Crippen LogP contribution in [0.15, 0.2) is 24.5 Å². The van der Waals surface area contributed by atoms with Crippen LogP contribution >= 0.6 is 11.3 Å². The Morgan fingerprint density at radius 1 is 1.12 bits per heavy atom. The average Bonchev–Trinajstić information content (AvgIpc) is 3.44. The number of carbonyl (C=O) groups excluding carboxylic acids is 2. The Balaban J connectivity index is 1.27. The summed E-state index contributed by atoms with van der Waals surface area (Å²) in [6.07, 6.45) is 7.91. The minimum Gasteiger partial charge on any atom is -0.348 e. The van der Waals surface area contributed by atoms with Crippen LogP contribution in [0.25, 0.3) is 10.3 Å². The molecule has 1 aliphatic heterocycles. The standard InChI is InChI=1S/C23H28N8O2S/c1-13(15-6-5-9-24-10-15)25-22-29-18(19-20(30-22)26-14(2)34-19)21(32)31-11-17(12-31)28-23(33)27-16-7-3-4-8-16/h5-6,9-10,13,16-17H,3-4,7-8,11-12H2,1-2H3,(H,25,29,30)(H2,27,28,33). The summed E-state index contributed by atoms with van der Waals surface area (Å²) in [5, 5.41) is 10.1. The molecular weight excluding hydrogens is 452 g/mol. The van der Waals surface area contributed by atoms with Gasteiger partial charge in [-0.1, -0.05) is 18.9 Å². The summed E-state index contributed by atoms with van der Waals surface area (Å²) in [4.78, 5) is 45.0. The predicted octanol–water partition coefficient (Wildman–Crippen LogP) is 3.03. The van der Waals surface area contributed by atoms with Crippen LogP contribution in [0.2, 0.25) is 0 Å². The second-order valence-electron chi connectivity index (χ2n) is 8.94. The maximum atomic E-state index is 13.3. The van der Waals surface area contributed by atoms with Gasteiger partial charge in [-0.3, -0.25) is 9.78 Å². The minimum atomic E-state index is -0.178. The molecule has 178 valence electrons. The largest absolute Gasteiger partial charge is 0.348 e. The predicted molar refractivity (Wildman–Crippen MR) is 130 cm³/mol. The van der Waals surface area contributed by atoms with Gasteiger partial charge in [-0.25, -0.2) is 14.8 Å². The van der Waals surface area contributed by atoms with Gasteiger partial charge in [0, 0.05) is 31.5 Å². The average molecular weight is 481 g/mol. The van der Waals surface area contributed by atoms with Crippen molar-refractivity contribution in [1.29, 1.82) is 0 Å². The van der Waals surface area contributed by atoms with Gasteiger partial charge < -0.3 is 20.9 Å². The summed E-state index contributed by atoms with van der Waals surface area (Å²) in [5.74, 6) is 0.172. The second-order valence-corrected chi connectivity index (χ2v) is 10.1. The molecule has 3 aromatic heterocycles. The molecule has 3 aromatic rings. The molecule has 1 atom stereocenters. The number of hydrogen-bond acceptors (Lipinski definition) is 8. The highest BCUT2D eigenvalue weighted by molar-refractivity contribution is 7.18. The molecule has 2 fully saturated rings. The molecular formula is C23H28N8O2S. The molecule has 3 amide bonds. The van der Waals surface area contributed by atoms with Crippen LogP contribution < -0.4 is 16.0 Å². The van der Waals surface area contributed by atoms with Gasteiger partial charge in [0.15, 0.2) is 11.3 Å². The first kappa shape index (κ1) is 22.5. The van der Waals surface area contributed by atoms with E-state index >= 15 is 0 Å². The Bertz CT molecular complexity index is 1190. The molecule has 0 bridgehead atoms. The molecule has 3 N–H and O–H groups in total. The Kier molecular flexibility index (Phi) is 6.27. The fraction of sp³-hybridized carbons (Fsp3) is 0.478. The van der Waals surface area contributed by atoms with Gasteiger partial charge in [0.1, 0.15) is 4.70 Å². The van der Waals surface area contributed by atoms with Crippen molar-refractivity contribution in [1.82, 2.24) is 35.5 Å². The van der Waals surface area contributed by atoms with E-state index in [1.807, 2.05) is 26.0 Å². The fourth-order valence-electron chi connectivity index (χ4n) is 4.41. The van der Waals surface area contributed by atoms with Crippen LogP contribution in [-0.4, -0.2) is 61.9 Å². The summed E-state index contributed by atoms with van der Waals surface area (Å²) < 4.78 is 0.678. The lowest BCUT2D eigenvalue weighted by Gasteiger charge is -2.39. The molecule has 1 saturated carbocycles. The van der Waals surface area contributed by atoms with Gasteiger partial charge in [-0.05, 0) is 38.3 Å². The van der Waals surface area contributed by atoms with Crippen molar-refractivity contribution >= 4 is 39.6 Å². The topological polar surface area (TPSA) is 125 Å². The van der Waals surface area contributed by atoms with Crippen molar-refractivity contribution in [2.75, 3.05) is 18.4 Å². The maximum absolute atomic E-state index is 13.3. The third-order valence-electron chi connectivity index (χ3n) is 6.29. The van der Waals surface area contributed by atoms with E-state index in [1.165, 1.54) is 24.2 Å². The normalized spacial score (nSPS) is 17.4. The first-order valence-electron chi connectivity index (χ1n) is 11.6. The number of amides is 3. The Morgan fingerprint density at radius 2 is 1.88 bits per heavy atom. The summed E-state index contributed by atoms with van der Waals surface area (Å²) in [7, 11) is 0. The highest BCUT2D eigenvalue weighted by Gasteiger charge is 2.35. The number of aromatic nitrogens is 4. The summed E-state index contributed by atoms with van der Waals surface area (Å²) in [6, 6.07) is 3.81. The molecule has 11 heteroatoms. The van der Waals surface area contributed by atoms with Crippen LogP contribution in [0, 0.1) is 6.92 Å². The summed E-state index contributed by atoms with van der Waals surface area (Å²) >= 11 is 1.41. The van der Waals surface area contributed by atoms with Crippen molar-refractivity contribution in [3.8, 4) is 0 Å². The van der Waals surface area contributed by atoms with Gasteiger partial charge in [0.05, 0.1) is 17.1 Å². The second kappa shape index (κ2) is 9.49. The number of anilines is 1. The number of carbonyl (C=O) groups is 2. The lowest BCUT2D eigenvalue weighted by molar-refractivity contribution is 0.0573. The molecule has 4 heterocycles. The van der Waals surface area contributed by atoms with Gasteiger partial charge >= 0.3 is 6.03 Å². The number of nitrogens with one attached hydrogen (secondary N) is 3. The molecule has 0 aromatic carbocycles. The molecule has 0 radical (unpaired) electrons. The molecule has 1 saturated heterocycles. The van der Waals surface area contributed by atoms with E-state index < -0.39 is 0 Å². The van der Waals surface area contributed by atoms with E-state index in [9.17, 15) is 9.59 Å². The Morgan fingerprint density at radius 3 is 2.62 bits per heavy atom. The van der Waals surface area contributed by atoms with E-state index in [0.29, 0.717) is 35.1 Å². The number of urea groups is 1. The van der Waals surface area contributed by atoms with Gasteiger partial charge in [-0.15, -0.1) is 11.3 Å².